The molecular formula is C16H18N2O2. The van der Waals surface area contributed by atoms with E-state index in [1.54, 1.807) is 24.3 Å². The predicted octanol–water partition coefficient (Wildman–Crippen LogP) is 3.55. The molecule has 0 atom stereocenters. The van der Waals surface area contributed by atoms with Crippen LogP contribution in [-0.4, -0.2) is 12.4 Å². The molecular weight excluding hydrogens is 252 g/mol. The maximum Gasteiger partial charge on any atom is 0.127 e. The largest absolute Gasteiger partial charge is 0.494 e. The van der Waals surface area contributed by atoms with Gasteiger partial charge in [0.05, 0.1) is 6.61 Å². The summed E-state index contributed by atoms with van der Waals surface area (Å²) in [4.78, 5) is 0. The zero-order valence-electron chi connectivity index (χ0n) is 11.4. The van der Waals surface area contributed by atoms with E-state index in [1.165, 1.54) is 0 Å². The zero-order chi connectivity index (χ0) is 14.4. The molecule has 0 unspecified atom stereocenters. The minimum atomic E-state index is 0.0500. The second-order valence-corrected chi connectivity index (χ2v) is 4.36. The van der Waals surface area contributed by atoms with E-state index in [2.05, 4.69) is 6.92 Å². The van der Waals surface area contributed by atoms with Gasteiger partial charge in [0.2, 0.25) is 0 Å². The summed E-state index contributed by atoms with van der Waals surface area (Å²) in [6.45, 7) is 2.79. The Morgan fingerprint density at radius 3 is 1.95 bits per heavy atom. The number of benzene rings is 2. The smallest absolute Gasteiger partial charge is 0.127 e. The summed E-state index contributed by atoms with van der Waals surface area (Å²) in [7, 11) is 0. The highest BCUT2D eigenvalue weighted by Gasteiger charge is 2.00. The number of nitrogens with two attached hydrogens (primary N) is 1. The van der Waals surface area contributed by atoms with Crippen molar-refractivity contribution in [2.75, 3.05) is 6.61 Å². The number of rotatable bonds is 6. The van der Waals surface area contributed by atoms with Crippen molar-refractivity contribution in [3.8, 4) is 17.2 Å². The first kappa shape index (κ1) is 13.9. The van der Waals surface area contributed by atoms with E-state index in [1.807, 2.05) is 24.3 Å². The van der Waals surface area contributed by atoms with Crippen molar-refractivity contribution in [2.24, 2.45) is 5.73 Å². The summed E-state index contributed by atoms with van der Waals surface area (Å²) in [6.07, 6.45) is 0.987. The lowest BCUT2D eigenvalue weighted by Gasteiger charge is -2.08. The van der Waals surface area contributed by atoms with Crippen LogP contribution in [-0.2, 0) is 0 Å². The quantitative estimate of drug-likeness (QED) is 0.623. The maximum atomic E-state index is 7.33. The van der Waals surface area contributed by atoms with E-state index in [-0.39, 0.29) is 5.84 Å². The van der Waals surface area contributed by atoms with Gasteiger partial charge >= 0.3 is 0 Å². The molecule has 0 spiro atoms. The fourth-order valence-corrected chi connectivity index (χ4v) is 1.66. The van der Waals surface area contributed by atoms with Crippen LogP contribution < -0.4 is 15.2 Å². The van der Waals surface area contributed by atoms with Crippen LogP contribution in [0.3, 0.4) is 0 Å². The first-order chi connectivity index (χ1) is 9.69. The molecule has 0 fully saturated rings. The van der Waals surface area contributed by atoms with Crippen LogP contribution in [0, 0.1) is 5.41 Å². The molecule has 0 aromatic heterocycles. The lowest BCUT2D eigenvalue weighted by molar-refractivity contribution is 0.317. The molecule has 4 heteroatoms. The molecule has 2 rings (SSSR count). The van der Waals surface area contributed by atoms with Gasteiger partial charge in [0, 0.05) is 5.56 Å². The van der Waals surface area contributed by atoms with E-state index < -0.39 is 0 Å². The molecule has 0 aliphatic carbocycles. The van der Waals surface area contributed by atoms with Gasteiger partial charge in [-0.3, -0.25) is 5.41 Å². The molecule has 4 nitrogen and oxygen atoms in total. The number of ether oxygens (including phenoxy) is 2. The Hall–Kier alpha value is -2.49. The zero-order valence-corrected chi connectivity index (χ0v) is 11.4. The van der Waals surface area contributed by atoms with Crippen molar-refractivity contribution < 1.29 is 9.47 Å². The van der Waals surface area contributed by atoms with Crippen LogP contribution in [0.4, 0.5) is 0 Å². The fourth-order valence-electron chi connectivity index (χ4n) is 1.66. The molecule has 2 aromatic rings. The highest BCUT2D eigenvalue weighted by Crippen LogP contribution is 2.24. The topological polar surface area (TPSA) is 68.3 Å². The molecule has 20 heavy (non-hydrogen) atoms. The minimum absolute atomic E-state index is 0.0500. The highest BCUT2D eigenvalue weighted by atomic mass is 16.5. The molecule has 2 aromatic carbocycles. The van der Waals surface area contributed by atoms with Gasteiger partial charge in [0.25, 0.3) is 0 Å². The van der Waals surface area contributed by atoms with Gasteiger partial charge in [-0.2, -0.15) is 0 Å². The fraction of sp³-hybridized carbons (Fsp3) is 0.188. The molecule has 0 bridgehead atoms. The van der Waals surface area contributed by atoms with E-state index in [9.17, 15) is 0 Å². The standard InChI is InChI=1S/C16H18N2O2/c1-2-11-19-13-7-9-15(10-8-13)20-14-5-3-12(4-6-14)16(17)18/h3-10H,2,11H2,1H3,(H3,17,18). The van der Waals surface area contributed by atoms with Crippen LogP contribution in [0.2, 0.25) is 0 Å². The Morgan fingerprint density at radius 1 is 0.950 bits per heavy atom. The Bertz CT molecular complexity index is 562. The minimum Gasteiger partial charge on any atom is -0.494 e. The molecule has 104 valence electrons. The summed E-state index contributed by atoms with van der Waals surface area (Å²) in [5, 5.41) is 7.33. The predicted molar refractivity (Wildman–Crippen MR) is 79.8 cm³/mol. The van der Waals surface area contributed by atoms with Crippen LogP contribution in [0.25, 0.3) is 0 Å². The second kappa shape index (κ2) is 6.61. The molecule has 0 saturated carbocycles. The average Bonchev–Trinajstić information content (AvgIpc) is 2.47. The number of amidine groups is 1. The Balaban J connectivity index is 2.00. The first-order valence-electron chi connectivity index (χ1n) is 6.54. The van der Waals surface area contributed by atoms with Crippen molar-refractivity contribution in [2.45, 2.75) is 13.3 Å². The molecule has 0 saturated heterocycles. The van der Waals surface area contributed by atoms with Crippen molar-refractivity contribution in [1.82, 2.24) is 0 Å². The number of hydrogen-bond acceptors (Lipinski definition) is 3. The molecule has 3 N–H and O–H groups in total. The van der Waals surface area contributed by atoms with Crippen molar-refractivity contribution in [1.29, 1.82) is 5.41 Å². The van der Waals surface area contributed by atoms with Gasteiger partial charge in [-0.25, -0.2) is 0 Å². The summed E-state index contributed by atoms with van der Waals surface area (Å²) in [6, 6.07) is 14.6. The normalized spacial score (nSPS) is 10.1. The number of nitrogens with one attached hydrogen (secondary N) is 1. The Labute approximate surface area is 118 Å². The Kier molecular flexibility index (Phi) is 4.60. The lowest BCUT2D eigenvalue weighted by atomic mass is 10.2. The van der Waals surface area contributed by atoms with Gasteiger partial charge in [-0.1, -0.05) is 6.92 Å². The van der Waals surface area contributed by atoms with Crippen molar-refractivity contribution in [3.05, 3.63) is 54.1 Å². The molecule has 0 amide bonds. The van der Waals surface area contributed by atoms with Gasteiger partial charge in [-0.05, 0) is 55.0 Å². The second-order valence-electron chi connectivity index (χ2n) is 4.36. The van der Waals surface area contributed by atoms with E-state index >= 15 is 0 Å². The van der Waals surface area contributed by atoms with Crippen LogP contribution >= 0.6 is 0 Å². The number of hydrogen-bond donors (Lipinski definition) is 2. The van der Waals surface area contributed by atoms with Gasteiger partial charge in [0.15, 0.2) is 0 Å². The first-order valence-corrected chi connectivity index (χ1v) is 6.54. The molecule has 0 aliphatic rings. The third-order valence-electron chi connectivity index (χ3n) is 2.70. The summed E-state index contributed by atoms with van der Waals surface area (Å²) in [5.74, 6) is 2.33. The van der Waals surface area contributed by atoms with Gasteiger partial charge < -0.3 is 15.2 Å². The number of nitrogen functional groups attached to an aromatic ring is 1. The maximum absolute atomic E-state index is 7.33. The monoisotopic (exact) mass is 270 g/mol. The lowest BCUT2D eigenvalue weighted by Crippen LogP contribution is -2.10. The van der Waals surface area contributed by atoms with Crippen LogP contribution in [0.15, 0.2) is 48.5 Å². The van der Waals surface area contributed by atoms with E-state index in [0.29, 0.717) is 17.9 Å². The van der Waals surface area contributed by atoms with Crippen molar-refractivity contribution >= 4 is 5.84 Å². The third kappa shape index (κ3) is 3.75. The van der Waals surface area contributed by atoms with Gasteiger partial charge in [0.1, 0.15) is 23.1 Å². The SMILES string of the molecule is CCCOc1ccc(Oc2ccc(C(=N)N)cc2)cc1. The summed E-state index contributed by atoms with van der Waals surface area (Å²) in [5.41, 5.74) is 6.08. The van der Waals surface area contributed by atoms with Gasteiger partial charge in [-0.15, -0.1) is 0 Å². The molecule has 0 aliphatic heterocycles. The molecule has 0 heterocycles. The summed E-state index contributed by atoms with van der Waals surface area (Å²) < 4.78 is 11.2. The summed E-state index contributed by atoms with van der Waals surface area (Å²) >= 11 is 0. The Morgan fingerprint density at radius 2 is 1.45 bits per heavy atom. The molecule has 0 radical (unpaired) electrons. The van der Waals surface area contributed by atoms with E-state index in [4.69, 9.17) is 20.6 Å². The average molecular weight is 270 g/mol. The highest BCUT2D eigenvalue weighted by molar-refractivity contribution is 5.94. The van der Waals surface area contributed by atoms with Crippen LogP contribution in [0.1, 0.15) is 18.9 Å². The van der Waals surface area contributed by atoms with Crippen LogP contribution in [0.5, 0.6) is 17.2 Å². The van der Waals surface area contributed by atoms with E-state index in [0.717, 1.165) is 17.9 Å². The third-order valence-corrected chi connectivity index (χ3v) is 2.70. The van der Waals surface area contributed by atoms with Crippen molar-refractivity contribution in [3.63, 3.8) is 0 Å².